The molecule has 16 heavy (non-hydrogen) atoms. The molecule has 0 saturated carbocycles. The lowest BCUT2D eigenvalue weighted by Crippen LogP contribution is -2.18. The topological polar surface area (TPSA) is 59.3 Å². The maximum atomic E-state index is 11.8. The van der Waals surface area contributed by atoms with Gasteiger partial charge >= 0.3 is 5.97 Å². The molecule has 0 spiro atoms. The highest BCUT2D eigenvalue weighted by atomic mass is 32.1. The van der Waals surface area contributed by atoms with Crippen LogP contribution in [-0.4, -0.2) is 15.6 Å². The fraction of sp³-hybridized carbons (Fsp3) is 0.273. The van der Waals surface area contributed by atoms with E-state index in [1.165, 1.54) is 17.5 Å². The Morgan fingerprint density at radius 2 is 2.19 bits per heavy atom. The van der Waals surface area contributed by atoms with Gasteiger partial charge in [-0.1, -0.05) is 0 Å². The molecule has 1 N–H and O–H groups in total. The largest absolute Gasteiger partial charge is 0.477 e. The highest BCUT2D eigenvalue weighted by Crippen LogP contribution is 2.21. The number of pyridine rings is 1. The predicted octanol–water partition coefficient (Wildman–Crippen LogP) is 2.34. The van der Waals surface area contributed by atoms with Crippen molar-refractivity contribution in [3.05, 3.63) is 33.4 Å². The molecule has 0 bridgehead atoms. The van der Waals surface area contributed by atoms with E-state index in [1.54, 1.807) is 11.4 Å². The lowest BCUT2D eigenvalue weighted by Gasteiger charge is -2.12. The summed E-state index contributed by atoms with van der Waals surface area (Å²) in [6, 6.07) is 1.80. The van der Waals surface area contributed by atoms with E-state index in [2.05, 4.69) is 0 Å². The third kappa shape index (κ3) is 1.53. The summed E-state index contributed by atoms with van der Waals surface area (Å²) in [5, 5.41) is 11.2. The van der Waals surface area contributed by atoms with Crippen LogP contribution in [0.5, 0.6) is 0 Å². The van der Waals surface area contributed by atoms with Gasteiger partial charge in [-0.05, 0) is 25.3 Å². The number of fused-ring (bicyclic) bond motifs is 1. The van der Waals surface area contributed by atoms with E-state index in [-0.39, 0.29) is 11.6 Å². The minimum Gasteiger partial charge on any atom is -0.477 e. The Kier molecular flexibility index (Phi) is 2.55. The molecular formula is C11H11NO3S. The van der Waals surface area contributed by atoms with Crippen molar-refractivity contribution < 1.29 is 9.90 Å². The zero-order valence-electron chi connectivity index (χ0n) is 8.93. The molecular weight excluding hydrogens is 226 g/mol. The Morgan fingerprint density at radius 3 is 2.75 bits per heavy atom. The second kappa shape index (κ2) is 3.75. The van der Waals surface area contributed by atoms with Gasteiger partial charge in [-0.25, -0.2) is 4.79 Å². The Morgan fingerprint density at radius 1 is 1.50 bits per heavy atom. The van der Waals surface area contributed by atoms with Crippen molar-refractivity contribution in [2.75, 3.05) is 0 Å². The first-order valence-corrected chi connectivity index (χ1v) is 5.76. The summed E-state index contributed by atoms with van der Waals surface area (Å²) in [5.41, 5.74) is -0.569. The lowest BCUT2D eigenvalue weighted by atomic mass is 10.2. The van der Waals surface area contributed by atoms with Gasteiger partial charge in [0.2, 0.25) is 5.43 Å². The van der Waals surface area contributed by atoms with Crippen LogP contribution in [0.1, 0.15) is 30.2 Å². The van der Waals surface area contributed by atoms with Crippen molar-refractivity contribution in [3.8, 4) is 0 Å². The van der Waals surface area contributed by atoms with E-state index in [4.69, 9.17) is 5.11 Å². The van der Waals surface area contributed by atoms with E-state index >= 15 is 0 Å². The van der Waals surface area contributed by atoms with Crippen LogP contribution in [0.15, 0.2) is 22.4 Å². The molecule has 4 nitrogen and oxygen atoms in total. The van der Waals surface area contributed by atoms with Crippen LogP contribution < -0.4 is 5.43 Å². The van der Waals surface area contributed by atoms with Gasteiger partial charge in [0.25, 0.3) is 0 Å². The lowest BCUT2D eigenvalue weighted by molar-refractivity contribution is 0.0695. The van der Waals surface area contributed by atoms with Crippen molar-refractivity contribution in [3.63, 3.8) is 0 Å². The molecule has 0 amide bonds. The van der Waals surface area contributed by atoms with Crippen LogP contribution in [0.3, 0.4) is 0 Å². The van der Waals surface area contributed by atoms with Crippen molar-refractivity contribution in [1.82, 2.24) is 4.57 Å². The molecule has 2 aromatic rings. The van der Waals surface area contributed by atoms with Gasteiger partial charge in [-0.2, -0.15) is 0 Å². The van der Waals surface area contributed by atoms with Gasteiger partial charge in [0.1, 0.15) is 10.4 Å². The number of nitrogens with zero attached hydrogens (tertiary/aromatic N) is 1. The molecule has 2 heterocycles. The van der Waals surface area contributed by atoms with E-state index < -0.39 is 11.4 Å². The first-order valence-electron chi connectivity index (χ1n) is 4.88. The summed E-state index contributed by atoms with van der Waals surface area (Å²) in [6.45, 7) is 3.91. The quantitative estimate of drug-likeness (QED) is 0.872. The third-order valence-corrected chi connectivity index (χ3v) is 3.35. The molecule has 0 radical (unpaired) electrons. The van der Waals surface area contributed by atoms with Crippen molar-refractivity contribution >= 4 is 27.5 Å². The molecule has 0 atom stereocenters. The average Bonchev–Trinajstić information content (AvgIpc) is 2.66. The number of aromatic carboxylic acids is 1. The summed E-state index contributed by atoms with van der Waals surface area (Å²) in [5.74, 6) is -1.17. The number of rotatable bonds is 2. The highest BCUT2D eigenvalue weighted by molar-refractivity contribution is 7.16. The number of hydrogen-bond acceptors (Lipinski definition) is 3. The van der Waals surface area contributed by atoms with Crippen LogP contribution in [0.25, 0.3) is 10.2 Å². The molecule has 2 rings (SSSR count). The summed E-state index contributed by atoms with van der Waals surface area (Å²) in [6.07, 6.45) is 1.42. The van der Waals surface area contributed by atoms with Crippen LogP contribution in [0, 0.1) is 0 Å². The number of aromatic nitrogens is 1. The zero-order valence-corrected chi connectivity index (χ0v) is 9.75. The molecule has 2 aromatic heterocycles. The molecule has 0 aliphatic heterocycles. The van der Waals surface area contributed by atoms with Crippen LogP contribution in [0.2, 0.25) is 0 Å². The molecule has 0 fully saturated rings. The maximum absolute atomic E-state index is 11.8. The summed E-state index contributed by atoms with van der Waals surface area (Å²) < 4.78 is 1.82. The first-order chi connectivity index (χ1) is 7.52. The molecule has 0 saturated heterocycles. The number of carboxylic acid groups (broad SMARTS) is 1. The number of carboxylic acids is 1. The summed E-state index contributed by atoms with van der Waals surface area (Å²) in [4.78, 5) is 23.6. The average molecular weight is 237 g/mol. The predicted molar refractivity (Wildman–Crippen MR) is 63.4 cm³/mol. The van der Waals surface area contributed by atoms with E-state index in [0.29, 0.717) is 5.39 Å². The molecule has 0 unspecified atom stereocenters. The number of thiophene rings is 1. The summed E-state index contributed by atoms with van der Waals surface area (Å²) in [7, 11) is 0. The summed E-state index contributed by atoms with van der Waals surface area (Å²) >= 11 is 1.45. The maximum Gasteiger partial charge on any atom is 0.341 e. The van der Waals surface area contributed by atoms with Gasteiger partial charge in [0, 0.05) is 12.2 Å². The van der Waals surface area contributed by atoms with E-state index in [1.807, 2.05) is 18.4 Å². The zero-order chi connectivity index (χ0) is 11.9. The van der Waals surface area contributed by atoms with E-state index in [9.17, 15) is 9.59 Å². The van der Waals surface area contributed by atoms with Crippen molar-refractivity contribution in [1.29, 1.82) is 0 Å². The number of carbonyl (C=O) groups is 1. The van der Waals surface area contributed by atoms with Crippen LogP contribution in [-0.2, 0) is 0 Å². The second-order valence-corrected chi connectivity index (χ2v) is 4.71. The van der Waals surface area contributed by atoms with Crippen molar-refractivity contribution in [2.45, 2.75) is 19.9 Å². The minimum atomic E-state index is -1.17. The molecule has 0 aliphatic carbocycles. The standard InChI is InChI=1S/C11H11NO3S/c1-6(2)12-5-8(11(14)15)9(13)7-3-4-16-10(7)12/h3-6H,1-2H3,(H,14,15). The van der Waals surface area contributed by atoms with Crippen molar-refractivity contribution in [2.24, 2.45) is 0 Å². The fourth-order valence-electron chi connectivity index (χ4n) is 1.61. The Balaban J connectivity index is 2.91. The monoisotopic (exact) mass is 237 g/mol. The smallest absolute Gasteiger partial charge is 0.341 e. The SMILES string of the molecule is CC(C)n1cc(C(=O)O)c(=O)c2ccsc21. The Labute approximate surface area is 95.8 Å². The van der Waals surface area contributed by atoms with Crippen LogP contribution >= 0.6 is 11.3 Å². The van der Waals surface area contributed by atoms with Crippen LogP contribution in [0.4, 0.5) is 0 Å². The molecule has 0 aliphatic rings. The van der Waals surface area contributed by atoms with Gasteiger partial charge < -0.3 is 9.67 Å². The Bertz CT molecular complexity index is 609. The normalized spacial score (nSPS) is 11.2. The number of hydrogen-bond donors (Lipinski definition) is 1. The second-order valence-electron chi connectivity index (χ2n) is 3.82. The van der Waals surface area contributed by atoms with Gasteiger partial charge in [-0.15, -0.1) is 11.3 Å². The first kappa shape index (κ1) is 10.9. The molecule has 84 valence electrons. The van der Waals surface area contributed by atoms with Gasteiger partial charge in [-0.3, -0.25) is 4.79 Å². The Hall–Kier alpha value is -1.62. The molecule has 5 heteroatoms. The van der Waals surface area contributed by atoms with E-state index in [0.717, 1.165) is 4.83 Å². The minimum absolute atomic E-state index is 0.125. The highest BCUT2D eigenvalue weighted by Gasteiger charge is 2.16. The third-order valence-electron chi connectivity index (χ3n) is 2.42. The molecule has 0 aromatic carbocycles. The van der Waals surface area contributed by atoms with Gasteiger partial charge in [0.15, 0.2) is 0 Å². The fourth-order valence-corrected chi connectivity index (χ4v) is 2.62. The van der Waals surface area contributed by atoms with Gasteiger partial charge in [0.05, 0.1) is 5.39 Å².